The zero-order chi connectivity index (χ0) is 14.5. The van der Waals surface area contributed by atoms with Crippen molar-refractivity contribution < 1.29 is 4.79 Å². The molecule has 0 saturated heterocycles. The number of pyridine rings is 1. The van der Waals surface area contributed by atoms with E-state index in [2.05, 4.69) is 29.5 Å². The van der Waals surface area contributed by atoms with Crippen molar-refractivity contribution in [3.63, 3.8) is 0 Å². The first-order valence-electron chi connectivity index (χ1n) is 7.66. The van der Waals surface area contributed by atoms with Crippen LogP contribution in [0.25, 0.3) is 0 Å². The number of carbonyl (C=O) groups is 1. The van der Waals surface area contributed by atoms with Gasteiger partial charge in [0, 0.05) is 18.8 Å². The van der Waals surface area contributed by atoms with Crippen molar-refractivity contribution in [3.8, 4) is 0 Å². The SMILES string of the molecule is CCNc1ccc(C(=O)NC2CCC(CC)C2C)cn1. The molecule has 20 heavy (non-hydrogen) atoms. The highest BCUT2D eigenvalue weighted by Gasteiger charge is 2.32. The smallest absolute Gasteiger partial charge is 0.253 e. The fraction of sp³-hybridized carbons (Fsp3) is 0.625. The number of aromatic nitrogens is 1. The molecule has 1 aromatic rings. The minimum atomic E-state index is -0.00542. The number of amides is 1. The number of nitrogens with one attached hydrogen (secondary N) is 2. The van der Waals surface area contributed by atoms with Crippen molar-refractivity contribution in [2.75, 3.05) is 11.9 Å². The zero-order valence-corrected chi connectivity index (χ0v) is 12.6. The molecule has 0 aromatic carbocycles. The molecule has 1 heterocycles. The van der Waals surface area contributed by atoms with E-state index >= 15 is 0 Å². The molecule has 4 nitrogen and oxygen atoms in total. The lowest BCUT2D eigenvalue weighted by Gasteiger charge is -2.21. The Morgan fingerprint density at radius 1 is 1.35 bits per heavy atom. The third-order valence-electron chi connectivity index (χ3n) is 4.45. The molecule has 1 aliphatic carbocycles. The first kappa shape index (κ1) is 14.8. The van der Waals surface area contributed by atoms with Gasteiger partial charge in [0.2, 0.25) is 0 Å². The van der Waals surface area contributed by atoms with E-state index in [-0.39, 0.29) is 5.91 Å². The molecule has 3 atom stereocenters. The summed E-state index contributed by atoms with van der Waals surface area (Å²) in [5.41, 5.74) is 0.638. The Kier molecular flexibility index (Phi) is 4.99. The topological polar surface area (TPSA) is 54.0 Å². The van der Waals surface area contributed by atoms with Crippen LogP contribution in [0.1, 0.15) is 50.4 Å². The maximum Gasteiger partial charge on any atom is 0.253 e. The maximum absolute atomic E-state index is 12.2. The molecule has 110 valence electrons. The Bertz CT molecular complexity index is 444. The van der Waals surface area contributed by atoms with Gasteiger partial charge in [0.25, 0.3) is 5.91 Å². The highest BCUT2D eigenvalue weighted by molar-refractivity contribution is 5.94. The van der Waals surface area contributed by atoms with Crippen LogP contribution in [-0.4, -0.2) is 23.5 Å². The van der Waals surface area contributed by atoms with Gasteiger partial charge in [-0.05, 0) is 43.7 Å². The highest BCUT2D eigenvalue weighted by atomic mass is 16.1. The zero-order valence-electron chi connectivity index (χ0n) is 12.6. The number of anilines is 1. The van der Waals surface area contributed by atoms with Gasteiger partial charge in [-0.3, -0.25) is 4.79 Å². The molecule has 1 aromatic heterocycles. The largest absolute Gasteiger partial charge is 0.370 e. The Morgan fingerprint density at radius 2 is 2.15 bits per heavy atom. The van der Waals surface area contributed by atoms with Gasteiger partial charge in [-0.2, -0.15) is 0 Å². The van der Waals surface area contributed by atoms with E-state index in [0.29, 0.717) is 17.5 Å². The molecule has 4 heteroatoms. The summed E-state index contributed by atoms with van der Waals surface area (Å²) in [6.45, 7) is 7.33. The fourth-order valence-corrected chi connectivity index (χ4v) is 3.09. The summed E-state index contributed by atoms with van der Waals surface area (Å²) in [6.07, 6.45) is 5.16. The van der Waals surface area contributed by atoms with E-state index < -0.39 is 0 Å². The number of hydrogen-bond acceptors (Lipinski definition) is 3. The molecular weight excluding hydrogens is 250 g/mol. The Balaban J connectivity index is 1.95. The van der Waals surface area contributed by atoms with Gasteiger partial charge in [0.05, 0.1) is 5.56 Å². The summed E-state index contributed by atoms with van der Waals surface area (Å²) in [5.74, 6) is 2.12. The van der Waals surface area contributed by atoms with Crippen molar-refractivity contribution in [3.05, 3.63) is 23.9 Å². The summed E-state index contributed by atoms with van der Waals surface area (Å²) in [7, 11) is 0. The lowest BCUT2D eigenvalue weighted by Crippen LogP contribution is -2.37. The van der Waals surface area contributed by atoms with E-state index in [9.17, 15) is 4.79 Å². The van der Waals surface area contributed by atoms with Gasteiger partial charge < -0.3 is 10.6 Å². The number of hydrogen-bond donors (Lipinski definition) is 2. The highest BCUT2D eigenvalue weighted by Crippen LogP contribution is 2.33. The molecule has 2 N–H and O–H groups in total. The van der Waals surface area contributed by atoms with Crippen LogP contribution in [-0.2, 0) is 0 Å². The van der Waals surface area contributed by atoms with Crippen LogP contribution in [0.2, 0.25) is 0 Å². The fourth-order valence-electron chi connectivity index (χ4n) is 3.09. The van der Waals surface area contributed by atoms with Gasteiger partial charge in [0.15, 0.2) is 0 Å². The van der Waals surface area contributed by atoms with Crippen LogP contribution >= 0.6 is 0 Å². The molecule has 1 amide bonds. The number of rotatable bonds is 5. The quantitative estimate of drug-likeness (QED) is 0.868. The maximum atomic E-state index is 12.2. The van der Waals surface area contributed by atoms with Gasteiger partial charge >= 0.3 is 0 Å². The van der Waals surface area contributed by atoms with Crippen molar-refractivity contribution in [1.29, 1.82) is 0 Å². The average molecular weight is 275 g/mol. The lowest BCUT2D eigenvalue weighted by molar-refractivity contribution is 0.0926. The average Bonchev–Trinajstić information content (AvgIpc) is 2.80. The van der Waals surface area contributed by atoms with E-state index in [1.54, 1.807) is 6.20 Å². The van der Waals surface area contributed by atoms with Crippen molar-refractivity contribution in [2.24, 2.45) is 11.8 Å². The molecule has 3 unspecified atom stereocenters. The number of nitrogens with zero attached hydrogens (tertiary/aromatic N) is 1. The molecule has 1 saturated carbocycles. The Labute approximate surface area is 121 Å². The van der Waals surface area contributed by atoms with Gasteiger partial charge in [0.1, 0.15) is 5.82 Å². The third kappa shape index (κ3) is 3.30. The number of carbonyl (C=O) groups excluding carboxylic acids is 1. The van der Waals surface area contributed by atoms with Crippen LogP contribution in [0, 0.1) is 11.8 Å². The van der Waals surface area contributed by atoms with Gasteiger partial charge in [-0.15, -0.1) is 0 Å². The van der Waals surface area contributed by atoms with Crippen LogP contribution in [0.15, 0.2) is 18.3 Å². The van der Waals surface area contributed by atoms with Crippen molar-refractivity contribution in [2.45, 2.75) is 46.1 Å². The van der Waals surface area contributed by atoms with E-state index in [1.165, 1.54) is 12.8 Å². The molecular formula is C16H25N3O. The van der Waals surface area contributed by atoms with E-state index in [1.807, 2.05) is 19.1 Å². The molecule has 0 spiro atoms. The Hall–Kier alpha value is -1.58. The normalized spacial score (nSPS) is 25.4. The van der Waals surface area contributed by atoms with E-state index in [4.69, 9.17) is 0 Å². The van der Waals surface area contributed by atoms with Crippen molar-refractivity contribution in [1.82, 2.24) is 10.3 Å². The van der Waals surface area contributed by atoms with Crippen LogP contribution in [0.5, 0.6) is 0 Å². The van der Waals surface area contributed by atoms with Crippen LogP contribution < -0.4 is 10.6 Å². The monoisotopic (exact) mass is 275 g/mol. The molecule has 2 rings (SSSR count). The predicted molar refractivity (Wildman–Crippen MR) is 81.8 cm³/mol. The second-order valence-electron chi connectivity index (χ2n) is 5.65. The van der Waals surface area contributed by atoms with Gasteiger partial charge in [-0.25, -0.2) is 4.98 Å². The second-order valence-corrected chi connectivity index (χ2v) is 5.65. The predicted octanol–water partition coefficient (Wildman–Crippen LogP) is 3.07. The molecule has 0 radical (unpaired) electrons. The van der Waals surface area contributed by atoms with E-state index in [0.717, 1.165) is 24.7 Å². The van der Waals surface area contributed by atoms with Gasteiger partial charge in [-0.1, -0.05) is 20.3 Å². The molecule has 1 aliphatic rings. The summed E-state index contributed by atoms with van der Waals surface area (Å²) in [6, 6.07) is 3.99. The molecule has 0 bridgehead atoms. The minimum absolute atomic E-state index is 0.00542. The summed E-state index contributed by atoms with van der Waals surface area (Å²) in [4.78, 5) is 16.5. The first-order valence-corrected chi connectivity index (χ1v) is 7.66. The second kappa shape index (κ2) is 6.73. The first-order chi connectivity index (χ1) is 9.65. The standard InChI is InChI=1S/C16H25N3O/c1-4-12-6-8-14(11(12)3)19-16(20)13-7-9-15(17-5-2)18-10-13/h7,9-12,14H,4-6,8H2,1-3H3,(H,17,18)(H,19,20). The van der Waals surface area contributed by atoms with Crippen molar-refractivity contribution >= 4 is 11.7 Å². The Morgan fingerprint density at radius 3 is 2.70 bits per heavy atom. The molecule has 1 fully saturated rings. The molecule has 0 aliphatic heterocycles. The summed E-state index contributed by atoms with van der Waals surface area (Å²) in [5, 5.41) is 6.29. The summed E-state index contributed by atoms with van der Waals surface area (Å²) < 4.78 is 0. The lowest BCUT2D eigenvalue weighted by atomic mass is 9.93. The summed E-state index contributed by atoms with van der Waals surface area (Å²) >= 11 is 0. The van der Waals surface area contributed by atoms with Crippen LogP contribution in [0.3, 0.4) is 0 Å². The minimum Gasteiger partial charge on any atom is -0.370 e. The third-order valence-corrected chi connectivity index (χ3v) is 4.45. The van der Waals surface area contributed by atoms with Crippen LogP contribution in [0.4, 0.5) is 5.82 Å².